The van der Waals surface area contributed by atoms with Gasteiger partial charge in [-0.05, 0) is 12.0 Å². The highest BCUT2D eigenvalue weighted by Crippen LogP contribution is 2.20. The molecule has 107 valence electrons. The second-order valence-corrected chi connectivity index (χ2v) is 4.79. The number of primary amides is 1. The highest BCUT2D eigenvalue weighted by atomic mass is 16.3. The van der Waals surface area contributed by atoms with E-state index in [-0.39, 0.29) is 6.54 Å². The van der Waals surface area contributed by atoms with Crippen LogP contribution in [-0.4, -0.2) is 51.7 Å². The number of benzene rings is 1. The Morgan fingerprint density at radius 2 is 1.95 bits per heavy atom. The fourth-order valence-electron chi connectivity index (χ4n) is 2.30. The van der Waals surface area contributed by atoms with Gasteiger partial charge in [-0.1, -0.05) is 30.3 Å². The summed E-state index contributed by atoms with van der Waals surface area (Å²) in [6.07, 6.45) is -0.660. The minimum absolute atomic E-state index is 0.0983. The molecular weight excluding hydrogens is 260 g/mol. The Labute approximate surface area is 116 Å². The normalized spacial score (nSPS) is 25.7. The fraction of sp³-hybridized carbons (Fsp3) is 0.357. The fourth-order valence-corrected chi connectivity index (χ4v) is 2.30. The van der Waals surface area contributed by atoms with Gasteiger partial charge in [-0.25, -0.2) is 0 Å². The van der Waals surface area contributed by atoms with E-state index in [1.807, 2.05) is 30.3 Å². The van der Waals surface area contributed by atoms with Crippen molar-refractivity contribution in [1.82, 2.24) is 4.90 Å². The van der Waals surface area contributed by atoms with Crippen molar-refractivity contribution in [3.8, 4) is 0 Å². The zero-order chi connectivity index (χ0) is 14.7. The molecule has 3 atom stereocenters. The van der Waals surface area contributed by atoms with Gasteiger partial charge in [0.1, 0.15) is 12.1 Å². The molecule has 1 saturated heterocycles. The number of aliphatic hydroxyl groups excluding tert-OH is 2. The minimum Gasteiger partial charge on any atom is -0.388 e. The summed E-state index contributed by atoms with van der Waals surface area (Å²) < 4.78 is 0. The summed E-state index contributed by atoms with van der Waals surface area (Å²) in [5.74, 6) is -1.25. The van der Waals surface area contributed by atoms with Gasteiger partial charge in [-0.2, -0.15) is 0 Å². The lowest BCUT2D eigenvalue weighted by Gasteiger charge is -2.22. The van der Waals surface area contributed by atoms with Crippen molar-refractivity contribution in [3.63, 3.8) is 0 Å². The Kier molecular flexibility index (Phi) is 4.36. The van der Waals surface area contributed by atoms with Crippen LogP contribution in [0.25, 0.3) is 0 Å². The van der Waals surface area contributed by atoms with E-state index in [0.717, 1.165) is 10.5 Å². The van der Waals surface area contributed by atoms with Crippen LogP contribution in [0.5, 0.6) is 0 Å². The van der Waals surface area contributed by atoms with Gasteiger partial charge in [0.2, 0.25) is 11.8 Å². The lowest BCUT2D eigenvalue weighted by molar-refractivity contribution is -0.136. The molecule has 0 bridgehead atoms. The van der Waals surface area contributed by atoms with Crippen molar-refractivity contribution in [2.24, 2.45) is 5.73 Å². The molecular formula is C14H17N2O4. The van der Waals surface area contributed by atoms with E-state index in [1.54, 1.807) is 0 Å². The number of carbonyl (C=O) groups is 2. The second kappa shape index (κ2) is 6.02. The Morgan fingerprint density at radius 1 is 1.30 bits per heavy atom. The zero-order valence-corrected chi connectivity index (χ0v) is 10.8. The van der Waals surface area contributed by atoms with Crippen LogP contribution >= 0.6 is 0 Å². The topological polar surface area (TPSA) is 104 Å². The van der Waals surface area contributed by atoms with Crippen LogP contribution in [0.1, 0.15) is 5.56 Å². The Bertz CT molecular complexity index is 491. The lowest BCUT2D eigenvalue weighted by Crippen LogP contribution is -2.48. The van der Waals surface area contributed by atoms with Crippen LogP contribution in [0.4, 0.5) is 0 Å². The van der Waals surface area contributed by atoms with Crippen LogP contribution in [-0.2, 0) is 16.0 Å². The van der Waals surface area contributed by atoms with E-state index >= 15 is 0 Å². The van der Waals surface area contributed by atoms with Crippen molar-refractivity contribution < 1.29 is 19.8 Å². The third-order valence-corrected chi connectivity index (χ3v) is 3.37. The molecule has 1 aromatic carbocycles. The third kappa shape index (κ3) is 2.97. The first-order valence-electron chi connectivity index (χ1n) is 6.34. The number of β-amino-alcohol motifs (C(OH)–C–C–N with tert-alkyl or cyclic N) is 1. The van der Waals surface area contributed by atoms with Gasteiger partial charge in [-0.3, -0.25) is 9.59 Å². The van der Waals surface area contributed by atoms with Gasteiger partial charge in [-0.15, -0.1) is 0 Å². The molecule has 1 aliphatic heterocycles. The molecule has 3 unspecified atom stereocenters. The largest absolute Gasteiger partial charge is 0.388 e. The first-order valence-corrected chi connectivity index (χ1v) is 6.34. The maximum Gasteiger partial charge on any atom is 0.243 e. The second-order valence-electron chi connectivity index (χ2n) is 4.79. The van der Waals surface area contributed by atoms with E-state index in [1.165, 1.54) is 6.42 Å². The summed E-state index contributed by atoms with van der Waals surface area (Å²) in [5, 5.41) is 19.2. The number of rotatable bonds is 4. The first kappa shape index (κ1) is 14.5. The zero-order valence-electron chi connectivity index (χ0n) is 10.8. The van der Waals surface area contributed by atoms with Crippen LogP contribution in [0, 0.1) is 6.42 Å². The van der Waals surface area contributed by atoms with Crippen molar-refractivity contribution in [3.05, 3.63) is 42.3 Å². The molecule has 1 aromatic rings. The van der Waals surface area contributed by atoms with E-state index < -0.39 is 30.1 Å². The summed E-state index contributed by atoms with van der Waals surface area (Å²) >= 11 is 0. The highest BCUT2D eigenvalue weighted by molar-refractivity contribution is 5.92. The number of aliphatic hydroxyl groups is 2. The summed E-state index contributed by atoms with van der Waals surface area (Å²) in [5.41, 5.74) is 6.12. The molecule has 4 N–H and O–H groups in total. The number of amides is 2. The molecule has 0 aromatic heterocycles. The standard InChI is InChI=1S/C14H17N2O4/c15-14(20)12-13(19)10(17)8-16(12)11(18)7-6-9-4-2-1-3-5-9/h1-5,7,10,12-13,17,19H,6,8H2,(H2,15,20). The smallest absolute Gasteiger partial charge is 0.243 e. The maximum atomic E-state index is 12.1. The quantitative estimate of drug-likeness (QED) is 0.646. The highest BCUT2D eigenvalue weighted by Gasteiger charge is 2.45. The predicted molar refractivity (Wildman–Crippen MR) is 71.2 cm³/mol. The van der Waals surface area contributed by atoms with Crippen LogP contribution in [0.2, 0.25) is 0 Å². The molecule has 0 saturated carbocycles. The Morgan fingerprint density at radius 3 is 2.55 bits per heavy atom. The van der Waals surface area contributed by atoms with Gasteiger partial charge in [0.15, 0.2) is 0 Å². The Hall–Kier alpha value is -1.92. The third-order valence-electron chi connectivity index (χ3n) is 3.37. The molecule has 0 spiro atoms. The van der Waals surface area contributed by atoms with E-state index in [2.05, 4.69) is 0 Å². The summed E-state index contributed by atoms with van der Waals surface area (Å²) in [6, 6.07) is 8.18. The van der Waals surface area contributed by atoms with Crippen molar-refractivity contribution in [2.75, 3.05) is 6.54 Å². The van der Waals surface area contributed by atoms with E-state index in [9.17, 15) is 19.8 Å². The lowest BCUT2D eigenvalue weighted by atomic mass is 10.1. The molecule has 1 radical (unpaired) electrons. The van der Waals surface area contributed by atoms with Crippen LogP contribution in [0.3, 0.4) is 0 Å². The molecule has 1 heterocycles. The molecule has 2 amide bonds. The summed E-state index contributed by atoms with van der Waals surface area (Å²) in [6.45, 7) is -0.0983. The van der Waals surface area contributed by atoms with Crippen molar-refractivity contribution >= 4 is 11.8 Å². The summed E-state index contributed by atoms with van der Waals surface area (Å²) in [4.78, 5) is 24.5. The average Bonchev–Trinajstić information content (AvgIpc) is 2.73. The molecule has 1 fully saturated rings. The Balaban J connectivity index is 1.99. The average molecular weight is 277 g/mol. The van der Waals surface area contributed by atoms with Gasteiger partial charge >= 0.3 is 0 Å². The number of nitrogens with zero attached hydrogens (tertiary/aromatic N) is 1. The van der Waals surface area contributed by atoms with E-state index in [4.69, 9.17) is 5.73 Å². The number of hydrogen-bond acceptors (Lipinski definition) is 4. The summed E-state index contributed by atoms with van der Waals surface area (Å²) in [7, 11) is 0. The van der Waals surface area contributed by atoms with E-state index in [0.29, 0.717) is 6.42 Å². The molecule has 0 aliphatic carbocycles. The molecule has 1 aliphatic rings. The van der Waals surface area contributed by atoms with Crippen molar-refractivity contribution in [2.45, 2.75) is 24.7 Å². The molecule has 20 heavy (non-hydrogen) atoms. The van der Waals surface area contributed by atoms with Gasteiger partial charge < -0.3 is 20.8 Å². The minimum atomic E-state index is -1.33. The SMILES string of the molecule is NC(=O)C1C(O)C(O)CN1C(=O)[CH]Cc1ccccc1. The van der Waals surface area contributed by atoms with Crippen LogP contribution < -0.4 is 5.73 Å². The molecule has 6 heteroatoms. The monoisotopic (exact) mass is 277 g/mol. The molecule has 6 nitrogen and oxygen atoms in total. The van der Waals surface area contributed by atoms with Gasteiger partial charge in [0.25, 0.3) is 0 Å². The number of hydrogen-bond donors (Lipinski definition) is 3. The van der Waals surface area contributed by atoms with Gasteiger partial charge in [0.05, 0.1) is 19.1 Å². The molecule has 2 rings (SSSR count). The number of likely N-dealkylation sites (tertiary alicyclic amines) is 1. The number of nitrogens with two attached hydrogens (primary N) is 1. The van der Waals surface area contributed by atoms with Crippen molar-refractivity contribution in [1.29, 1.82) is 0 Å². The number of carbonyl (C=O) groups excluding carboxylic acids is 2. The maximum absolute atomic E-state index is 12.1. The van der Waals surface area contributed by atoms with Crippen LogP contribution in [0.15, 0.2) is 30.3 Å². The van der Waals surface area contributed by atoms with Gasteiger partial charge in [0, 0.05) is 0 Å². The first-order chi connectivity index (χ1) is 9.50. The predicted octanol–water partition coefficient (Wildman–Crippen LogP) is -1.15.